The van der Waals surface area contributed by atoms with Crippen molar-refractivity contribution in [3.63, 3.8) is 0 Å². The molecule has 7 heteroatoms. The second-order valence-corrected chi connectivity index (χ2v) is 7.70. The lowest BCUT2D eigenvalue weighted by Gasteiger charge is -2.13. The summed E-state index contributed by atoms with van der Waals surface area (Å²) < 4.78 is 17.0. The van der Waals surface area contributed by atoms with Crippen molar-refractivity contribution in [2.75, 3.05) is 19.5 Å². The standard InChI is InChI=1S/C25H23N3O4/c1-30-23-13-19-21(14-24(23)31-2)26-11-10-22(19)32-17-8-9-18-15(12-17)4-3-5-20(18)28-25(29)27-16-6-7-16/h3-5,8-14,16H,6-7H2,1-2H3,(H2,27,28,29). The van der Waals surface area contributed by atoms with Gasteiger partial charge in [-0.25, -0.2) is 4.79 Å². The number of carbonyl (C=O) groups excluding carboxylic acids is 1. The van der Waals surface area contributed by atoms with E-state index in [1.54, 1.807) is 20.4 Å². The zero-order valence-electron chi connectivity index (χ0n) is 17.8. The molecule has 1 fully saturated rings. The quantitative estimate of drug-likeness (QED) is 0.424. The van der Waals surface area contributed by atoms with Gasteiger partial charge in [0.2, 0.25) is 0 Å². The summed E-state index contributed by atoms with van der Waals surface area (Å²) in [4.78, 5) is 16.6. The first kappa shape index (κ1) is 19.9. The molecule has 2 amide bonds. The molecule has 4 aromatic rings. The van der Waals surface area contributed by atoms with Crippen LogP contribution in [0.4, 0.5) is 10.5 Å². The topological polar surface area (TPSA) is 81.7 Å². The summed E-state index contributed by atoms with van der Waals surface area (Å²) in [6.45, 7) is 0. The van der Waals surface area contributed by atoms with Crippen LogP contribution in [-0.4, -0.2) is 31.3 Å². The summed E-state index contributed by atoms with van der Waals surface area (Å²) in [7, 11) is 3.19. The Hall–Kier alpha value is -4.00. The fourth-order valence-corrected chi connectivity index (χ4v) is 3.67. The zero-order chi connectivity index (χ0) is 22.1. The Balaban J connectivity index is 1.45. The van der Waals surface area contributed by atoms with Crippen LogP contribution >= 0.6 is 0 Å². The van der Waals surface area contributed by atoms with Gasteiger partial charge >= 0.3 is 6.03 Å². The third kappa shape index (κ3) is 3.97. The molecule has 1 aliphatic carbocycles. The van der Waals surface area contributed by atoms with E-state index in [4.69, 9.17) is 14.2 Å². The number of nitrogens with one attached hydrogen (secondary N) is 2. The van der Waals surface area contributed by atoms with E-state index in [0.717, 1.165) is 40.2 Å². The number of urea groups is 1. The van der Waals surface area contributed by atoms with Crippen LogP contribution in [-0.2, 0) is 0 Å². The summed E-state index contributed by atoms with van der Waals surface area (Å²) in [5.41, 5.74) is 1.51. The molecule has 1 aromatic heterocycles. The van der Waals surface area contributed by atoms with Crippen LogP contribution < -0.4 is 24.8 Å². The van der Waals surface area contributed by atoms with Gasteiger partial charge in [0.05, 0.1) is 25.4 Å². The monoisotopic (exact) mass is 429 g/mol. The maximum absolute atomic E-state index is 12.2. The van der Waals surface area contributed by atoms with Gasteiger partial charge in [0.15, 0.2) is 11.5 Å². The van der Waals surface area contributed by atoms with Crippen molar-refractivity contribution >= 4 is 33.4 Å². The molecule has 0 aliphatic heterocycles. The summed E-state index contributed by atoms with van der Waals surface area (Å²) in [5, 5.41) is 8.61. The fraction of sp³-hybridized carbons (Fsp3) is 0.200. The maximum atomic E-state index is 12.2. The van der Waals surface area contributed by atoms with E-state index in [1.807, 2.05) is 54.6 Å². The van der Waals surface area contributed by atoms with E-state index < -0.39 is 0 Å². The first-order valence-corrected chi connectivity index (χ1v) is 10.4. The minimum atomic E-state index is -0.173. The first-order valence-electron chi connectivity index (χ1n) is 10.4. The largest absolute Gasteiger partial charge is 0.493 e. The number of nitrogens with zero attached hydrogens (tertiary/aromatic N) is 1. The van der Waals surface area contributed by atoms with Crippen molar-refractivity contribution in [3.8, 4) is 23.0 Å². The Morgan fingerprint density at radius 2 is 1.75 bits per heavy atom. The van der Waals surface area contributed by atoms with E-state index in [9.17, 15) is 4.79 Å². The smallest absolute Gasteiger partial charge is 0.319 e. The minimum absolute atomic E-state index is 0.173. The van der Waals surface area contributed by atoms with E-state index >= 15 is 0 Å². The molecule has 1 saturated carbocycles. The van der Waals surface area contributed by atoms with Crippen molar-refractivity contribution in [2.45, 2.75) is 18.9 Å². The third-order valence-corrected chi connectivity index (χ3v) is 5.45. The molecule has 2 N–H and O–H groups in total. The Labute approximate surface area is 185 Å². The van der Waals surface area contributed by atoms with Crippen LogP contribution in [0.2, 0.25) is 0 Å². The molecule has 0 saturated heterocycles. The van der Waals surface area contributed by atoms with Gasteiger partial charge in [0, 0.05) is 29.1 Å². The second-order valence-electron chi connectivity index (χ2n) is 7.70. The summed E-state index contributed by atoms with van der Waals surface area (Å²) in [5.74, 6) is 2.56. The van der Waals surface area contributed by atoms with Crippen LogP contribution in [0.5, 0.6) is 23.0 Å². The lowest BCUT2D eigenvalue weighted by molar-refractivity contribution is 0.252. The molecular weight excluding hydrogens is 406 g/mol. The highest BCUT2D eigenvalue weighted by Gasteiger charge is 2.23. The molecule has 5 rings (SSSR count). The molecule has 0 radical (unpaired) electrons. The average Bonchev–Trinajstić information content (AvgIpc) is 3.62. The Bertz CT molecular complexity index is 1320. The van der Waals surface area contributed by atoms with Crippen molar-refractivity contribution in [1.82, 2.24) is 10.3 Å². The summed E-state index contributed by atoms with van der Waals surface area (Å²) >= 11 is 0. The zero-order valence-corrected chi connectivity index (χ0v) is 17.8. The average molecular weight is 429 g/mol. The lowest BCUT2D eigenvalue weighted by Crippen LogP contribution is -2.30. The highest BCUT2D eigenvalue weighted by molar-refractivity contribution is 6.02. The number of rotatable bonds is 6. The Morgan fingerprint density at radius 3 is 2.53 bits per heavy atom. The van der Waals surface area contributed by atoms with Crippen molar-refractivity contribution < 1.29 is 19.0 Å². The third-order valence-electron chi connectivity index (χ3n) is 5.45. The molecule has 0 atom stereocenters. The molecule has 7 nitrogen and oxygen atoms in total. The van der Waals surface area contributed by atoms with Crippen LogP contribution in [0.15, 0.2) is 60.8 Å². The number of ether oxygens (including phenoxy) is 3. The van der Waals surface area contributed by atoms with E-state index in [1.165, 1.54) is 0 Å². The number of amides is 2. The minimum Gasteiger partial charge on any atom is -0.493 e. The van der Waals surface area contributed by atoms with Gasteiger partial charge < -0.3 is 24.8 Å². The van der Waals surface area contributed by atoms with Crippen molar-refractivity contribution in [3.05, 3.63) is 60.8 Å². The van der Waals surface area contributed by atoms with Gasteiger partial charge in [0.1, 0.15) is 11.5 Å². The van der Waals surface area contributed by atoms with E-state index in [0.29, 0.717) is 29.0 Å². The number of anilines is 1. The molecule has 32 heavy (non-hydrogen) atoms. The van der Waals surface area contributed by atoms with Gasteiger partial charge in [-0.2, -0.15) is 0 Å². The Morgan fingerprint density at radius 1 is 0.938 bits per heavy atom. The lowest BCUT2D eigenvalue weighted by atomic mass is 10.1. The maximum Gasteiger partial charge on any atom is 0.319 e. The number of methoxy groups -OCH3 is 2. The number of fused-ring (bicyclic) bond motifs is 2. The number of hydrogen-bond acceptors (Lipinski definition) is 5. The number of carbonyl (C=O) groups is 1. The molecule has 3 aromatic carbocycles. The van der Waals surface area contributed by atoms with Crippen LogP contribution in [0.25, 0.3) is 21.7 Å². The fourth-order valence-electron chi connectivity index (χ4n) is 3.67. The molecule has 0 spiro atoms. The second kappa shape index (κ2) is 8.26. The number of pyridine rings is 1. The predicted molar refractivity (Wildman–Crippen MR) is 124 cm³/mol. The SMILES string of the molecule is COc1cc2nccc(Oc3ccc4c(NC(=O)NC5CC5)cccc4c3)c2cc1OC. The highest BCUT2D eigenvalue weighted by atomic mass is 16.5. The molecule has 0 bridgehead atoms. The van der Waals surface area contributed by atoms with E-state index in [-0.39, 0.29) is 6.03 Å². The van der Waals surface area contributed by atoms with Gasteiger partial charge in [0.25, 0.3) is 0 Å². The molecular formula is C25H23N3O4. The number of aromatic nitrogens is 1. The summed E-state index contributed by atoms with van der Waals surface area (Å²) in [6, 6.07) is 17.2. The predicted octanol–water partition coefficient (Wildman–Crippen LogP) is 5.48. The summed E-state index contributed by atoms with van der Waals surface area (Å²) in [6.07, 6.45) is 3.79. The number of hydrogen-bond donors (Lipinski definition) is 2. The molecule has 1 aliphatic rings. The number of benzene rings is 3. The molecule has 0 unspecified atom stereocenters. The van der Waals surface area contributed by atoms with Crippen molar-refractivity contribution in [2.24, 2.45) is 0 Å². The van der Waals surface area contributed by atoms with Crippen molar-refractivity contribution in [1.29, 1.82) is 0 Å². The molecule has 1 heterocycles. The highest BCUT2D eigenvalue weighted by Crippen LogP contribution is 2.37. The van der Waals surface area contributed by atoms with Gasteiger partial charge in [-0.3, -0.25) is 4.98 Å². The first-order chi connectivity index (χ1) is 15.6. The van der Waals surface area contributed by atoms with E-state index in [2.05, 4.69) is 15.6 Å². The van der Waals surface area contributed by atoms with Crippen LogP contribution in [0, 0.1) is 0 Å². The van der Waals surface area contributed by atoms with Gasteiger partial charge in [-0.05, 0) is 54.6 Å². The molecule has 162 valence electrons. The van der Waals surface area contributed by atoms with Gasteiger partial charge in [-0.15, -0.1) is 0 Å². The Kier molecular flexibility index (Phi) is 5.15. The normalized spacial score (nSPS) is 13.1. The van der Waals surface area contributed by atoms with Crippen LogP contribution in [0.3, 0.4) is 0 Å². The van der Waals surface area contributed by atoms with Gasteiger partial charge in [-0.1, -0.05) is 12.1 Å². The van der Waals surface area contributed by atoms with Crippen LogP contribution in [0.1, 0.15) is 12.8 Å².